The van der Waals surface area contributed by atoms with Crippen LogP contribution >= 0.6 is 15.9 Å². The molecule has 0 unspecified atom stereocenters. The van der Waals surface area contributed by atoms with E-state index in [2.05, 4.69) is 31.0 Å². The molecule has 1 aromatic heterocycles. The van der Waals surface area contributed by atoms with Crippen molar-refractivity contribution in [2.45, 2.75) is 32.6 Å². The van der Waals surface area contributed by atoms with Crippen LogP contribution in [0, 0.1) is 27.7 Å². The average molecular weight is 654 g/mol. The molecule has 1 amide bonds. The molecule has 0 radical (unpaired) electrons. The van der Waals surface area contributed by atoms with Crippen molar-refractivity contribution in [1.82, 2.24) is 9.99 Å². The van der Waals surface area contributed by atoms with Crippen molar-refractivity contribution in [2.24, 2.45) is 5.10 Å². The van der Waals surface area contributed by atoms with Crippen molar-refractivity contribution in [1.29, 1.82) is 0 Å². The normalized spacial score (nSPS) is 11.5. The maximum absolute atomic E-state index is 13.9. The minimum Gasteiger partial charge on any atom is -0.493 e. The molecule has 0 aliphatic carbocycles. The van der Waals surface area contributed by atoms with Gasteiger partial charge in [-0.2, -0.15) is 5.10 Å². The largest absolute Gasteiger partial charge is 0.493 e. The monoisotopic (exact) mass is 652 g/mol. The van der Waals surface area contributed by atoms with Gasteiger partial charge in [-0.15, -0.1) is 0 Å². The number of ether oxygens (including phenoxy) is 2. The van der Waals surface area contributed by atoms with E-state index < -0.39 is 22.5 Å². The highest BCUT2D eigenvalue weighted by atomic mass is 79.9. The van der Waals surface area contributed by atoms with Gasteiger partial charge in [0.2, 0.25) is 0 Å². The van der Waals surface area contributed by atoms with Crippen LogP contribution in [0.5, 0.6) is 11.5 Å². The number of hydrogen-bond acceptors (Lipinski definition) is 6. The first kappa shape index (κ1) is 30.9. The highest BCUT2D eigenvalue weighted by molar-refractivity contribution is 9.10. The van der Waals surface area contributed by atoms with Crippen molar-refractivity contribution < 1.29 is 22.7 Å². The van der Waals surface area contributed by atoms with E-state index in [1.165, 1.54) is 32.4 Å². The summed E-state index contributed by atoms with van der Waals surface area (Å²) in [4.78, 5) is 13.1. The van der Waals surface area contributed by atoms with E-state index >= 15 is 0 Å². The Balaban J connectivity index is 1.61. The Morgan fingerprint density at radius 1 is 0.952 bits per heavy atom. The SMILES string of the molecule is COc1ccc(S(=O)(=O)N(CC(=O)N/N=C\c2cc(C)n(-c3cccc(Br)c3)c2C)c2cc(C)cc(C)c2)cc1OC. The van der Waals surface area contributed by atoms with Crippen molar-refractivity contribution in [2.75, 3.05) is 25.1 Å². The topological polar surface area (TPSA) is 102 Å². The summed E-state index contributed by atoms with van der Waals surface area (Å²) in [5.41, 5.74) is 8.32. The van der Waals surface area contributed by atoms with Gasteiger partial charge in [-0.1, -0.05) is 28.1 Å². The zero-order valence-electron chi connectivity index (χ0n) is 24.3. The highest BCUT2D eigenvalue weighted by Crippen LogP contribution is 2.32. The van der Waals surface area contributed by atoms with Gasteiger partial charge in [0.15, 0.2) is 11.5 Å². The minimum absolute atomic E-state index is 0.0457. The Labute approximate surface area is 254 Å². The van der Waals surface area contributed by atoms with Gasteiger partial charge in [0.1, 0.15) is 6.54 Å². The average Bonchev–Trinajstić information content (AvgIpc) is 3.22. The maximum Gasteiger partial charge on any atom is 0.264 e. The first-order valence-corrected chi connectivity index (χ1v) is 15.3. The van der Waals surface area contributed by atoms with Crippen molar-refractivity contribution in [3.05, 3.63) is 99.3 Å². The number of aromatic nitrogens is 1. The van der Waals surface area contributed by atoms with E-state index in [4.69, 9.17) is 9.47 Å². The standard InChI is InChI=1S/C31H33BrN4O5S/c1-20-12-21(2)14-27(13-20)35(42(38,39)28-10-11-29(40-5)30(17-28)41-6)19-31(37)34-33-18-24-15-22(3)36(23(24)4)26-9-7-8-25(32)16-26/h7-18H,19H2,1-6H3,(H,34,37)/b33-18-. The number of carbonyl (C=O) groups is 1. The van der Waals surface area contributed by atoms with Crippen molar-refractivity contribution in [3.8, 4) is 17.2 Å². The molecule has 220 valence electrons. The summed E-state index contributed by atoms with van der Waals surface area (Å²) in [6, 6.07) is 19.6. The minimum atomic E-state index is -4.18. The fourth-order valence-electron chi connectivity index (χ4n) is 4.78. The summed E-state index contributed by atoms with van der Waals surface area (Å²) in [6.45, 7) is 7.20. The number of benzene rings is 3. The molecule has 9 nitrogen and oxygen atoms in total. The van der Waals surface area contributed by atoms with E-state index in [1.807, 2.05) is 64.1 Å². The number of carbonyl (C=O) groups excluding carboxylic acids is 1. The third-order valence-corrected chi connectivity index (χ3v) is 8.92. The van der Waals surface area contributed by atoms with Crippen LogP contribution in [0.4, 0.5) is 5.69 Å². The van der Waals surface area contributed by atoms with Gasteiger partial charge >= 0.3 is 0 Å². The van der Waals surface area contributed by atoms with Crippen molar-refractivity contribution in [3.63, 3.8) is 0 Å². The fourth-order valence-corrected chi connectivity index (χ4v) is 6.59. The third-order valence-electron chi connectivity index (χ3n) is 6.65. The first-order chi connectivity index (χ1) is 19.9. The summed E-state index contributed by atoms with van der Waals surface area (Å²) >= 11 is 3.51. The number of aryl methyl sites for hydroxylation is 3. The zero-order chi connectivity index (χ0) is 30.6. The Kier molecular flexibility index (Phi) is 9.43. The lowest BCUT2D eigenvalue weighted by Gasteiger charge is -2.25. The van der Waals surface area contributed by atoms with Crippen LogP contribution in [0.25, 0.3) is 5.69 Å². The number of halogens is 1. The van der Waals surface area contributed by atoms with Crippen LogP contribution in [0.3, 0.4) is 0 Å². The van der Waals surface area contributed by atoms with Gasteiger partial charge in [-0.05, 0) is 87.4 Å². The second-order valence-corrected chi connectivity index (χ2v) is 12.6. The number of anilines is 1. The van der Waals surface area contributed by atoms with Gasteiger partial charge in [0.05, 0.1) is 31.0 Å². The molecule has 0 spiro atoms. The molecule has 0 fully saturated rings. The molecule has 3 aromatic carbocycles. The Morgan fingerprint density at radius 2 is 1.64 bits per heavy atom. The summed E-state index contributed by atoms with van der Waals surface area (Å²) < 4.78 is 42.5. The van der Waals surface area contributed by atoms with E-state index in [-0.39, 0.29) is 10.6 Å². The summed E-state index contributed by atoms with van der Waals surface area (Å²) in [7, 11) is -1.29. The number of methoxy groups -OCH3 is 2. The molecule has 1 heterocycles. The van der Waals surface area contributed by atoms with Crippen LogP contribution in [-0.2, 0) is 14.8 Å². The van der Waals surface area contributed by atoms with Crippen molar-refractivity contribution >= 4 is 43.8 Å². The molecule has 0 saturated carbocycles. The van der Waals surface area contributed by atoms with E-state index in [0.29, 0.717) is 11.4 Å². The fraction of sp³-hybridized carbons (Fsp3) is 0.226. The predicted octanol–water partition coefficient (Wildman–Crippen LogP) is 5.84. The van der Waals surface area contributed by atoms with Crippen LogP contribution in [0.2, 0.25) is 0 Å². The number of amides is 1. The molecule has 11 heteroatoms. The van der Waals surface area contributed by atoms with Gasteiger partial charge in [-0.25, -0.2) is 13.8 Å². The number of hydrazone groups is 1. The molecular formula is C31H33BrN4O5S. The van der Waals surface area contributed by atoms with Crippen LogP contribution < -0.4 is 19.2 Å². The molecule has 4 rings (SSSR count). The molecule has 42 heavy (non-hydrogen) atoms. The van der Waals surface area contributed by atoms with E-state index in [1.54, 1.807) is 18.3 Å². The van der Waals surface area contributed by atoms with Crippen LogP contribution in [-0.4, -0.2) is 45.9 Å². The van der Waals surface area contributed by atoms with Crippen LogP contribution in [0.15, 0.2) is 81.2 Å². The second kappa shape index (κ2) is 12.8. The number of nitrogens with zero attached hydrogens (tertiary/aromatic N) is 3. The van der Waals surface area contributed by atoms with E-state index in [0.717, 1.165) is 42.5 Å². The highest BCUT2D eigenvalue weighted by Gasteiger charge is 2.29. The maximum atomic E-state index is 13.9. The second-order valence-electron chi connectivity index (χ2n) is 9.81. The summed E-state index contributed by atoms with van der Waals surface area (Å²) in [5, 5.41) is 4.15. The lowest BCUT2D eigenvalue weighted by Crippen LogP contribution is -2.39. The van der Waals surface area contributed by atoms with Crippen LogP contribution in [0.1, 0.15) is 28.1 Å². The molecule has 0 aliphatic rings. The third kappa shape index (κ3) is 6.69. The van der Waals surface area contributed by atoms with Gasteiger partial charge in [0, 0.05) is 33.2 Å². The molecule has 0 atom stereocenters. The smallest absolute Gasteiger partial charge is 0.264 e. The molecule has 1 N–H and O–H groups in total. The lowest BCUT2D eigenvalue weighted by atomic mass is 10.1. The summed E-state index contributed by atoms with van der Waals surface area (Å²) in [5.74, 6) is 0.0458. The number of nitrogens with one attached hydrogen (secondary N) is 1. The molecule has 0 aliphatic heterocycles. The zero-order valence-corrected chi connectivity index (χ0v) is 26.7. The molecule has 0 saturated heterocycles. The van der Waals surface area contributed by atoms with Gasteiger partial charge in [-0.3, -0.25) is 9.10 Å². The first-order valence-electron chi connectivity index (χ1n) is 13.0. The Hall–Kier alpha value is -4.09. The number of sulfonamides is 1. The molecular weight excluding hydrogens is 620 g/mol. The van der Waals surface area contributed by atoms with Gasteiger partial charge in [0.25, 0.3) is 15.9 Å². The lowest BCUT2D eigenvalue weighted by molar-refractivity contribution is -0.119. The number of rotatable bonds is 10. The van der Waals surface area contributed by atoms with E-state index in [9.17, 15) is 13.2 Å². The molecule has 0 bridgehead atoms. The Morgan fingerprint density at radius 3 is 2.29 bits per heavy atom. The van der Waals surface area contributed by atoms with Gasteiger partial charge < -0.3 is 14.0 Å². The quantitative estimate of drug-likeness (QED) is 0.171. The summed E-state index contributed by atoms with van der Waals surface area (Å²) in [6.07, 6.45) is 1.55. The predicted molar refractivity (Wildman–Crippen MR) is 169 cm³/mol. The molecule has 4 aromatic rings. The Bertz CT molecular complexity index is 1740. The number of hydrogen-bond donors (Lipinski definition) is 1.